The Morgan fingerprint density at radius 2 is 2.00 bits per heavy atom. The van der Waals surface area contributed by atoms with Gasteiger partial charge in [-0.2, -0.15) is 5.26 Å². The molecule has 4 rings (SSSR count). The molecule has 2 aromatic heterocycles. The quantitative estimate of drug-likeness (QED) is 0.544. The van der Waals surface area contributed by atoms with E-state index < -0.39 is 0 Å². The van der Waals surface area contributed by atoms with Crippen LogP contribution in [0.5, 0.6) is 5.75 Å². The molecule has 1 aromatic carbocycles. The second-order valence-electron chi connectivity index (χ2n) is 7.76. The SMILES string of the molecule is COc1ccc(-n2c(C)c(C)c(C#N)c2NC(=O)CSc2nnnn2C2CCCC2)cc1. The third-order valence-corrected chi connectivity index (χ3v) is 6.81. The van der Waals surface area contributed by atoms with Gasteiger partial charge in [0.2, 0.25) is 11.1 Å². The lowest BCUT2D eigenvalue weighted by atomic mass is 10.2. The number of amides is 1. The largest absolute Gasteiger partial charge is 0.497 e. The van der Waals surface area contributed by atoms with Crippen LogP contribution in [0.2, 0.25) is 0 Å². The van der Waals surface area contributed by atoms with Crippen molar-refractivity contribution in [3.8, 4) is 17.5 Å². The number of nitriles is 1. The highest BCUT2D eigenvalue weighted by Gasteiger charge is 2.24. The van der Waals surface area contributed by atoms with Gasteiger partial charge in [0.15, 0.2) is 0 Å². The number of hydrogen-bond donors (Lipinski definition) is 1. The van der Waals surface area contributed by atoms with Gasteiger partial charge in [-0.1, -0.05) is 24.6 Å². The topological polar surface area (TPSA) is 111 Å². The van der Waals surface area contributed by atoms with Crippen LogP contribution in [-0.2, 0) is 4.79 Å². The van der Waals surface area contributed by atoms with Crippen molar-refractivity contribution >= 4 is 23.5 Å². The first-order chi connectivity index (χ1) is 15.5. The van der Waals surface area contributed by atoms with E-state index in [1.54, 1.807) is 7.11 Å². The molecule has 1 fully saturated rings. The van der Waals surface area contributed by atoms with Crippen LogP contribution < -0.4 is 10.1 Å². The summed E-state index contributed by atoms with van der Waals surface area (Å²) in [5, 5.41) is 25.3. The molecule has 1 aliphatic rings. The summed E-state index contributed by atoms with van der Waals surface area (Å²) < 4.78 is 8.96. The van der Waals surface area contributed by atoms with E-state index in [4.69, 9.17) is 4.74 Å². The molecule has 0 aliphatic heterocycles. The van der Waals surface area contributed by atoms with E-state index in [0.717, 1.165) is 35.5 Å². The fourth-order valence-electron chi connectivity index (χ4n) is 4.07. The molecular formula is C22H25N7O2S. The number of ether oxygens (including phenoxy) is 1. The minimum atomic E-state index is -0.222. The Morgan fingerprint density at radius 3 is 2.66 bits per heavy atom. The lowest BCUT2D eigenvalue weighted by Crippen LogP contribution is -2.18. The molecular weight excluding hydrogens is 426 g/mol. The summed E-state index contributed by atoms with van der Waals surface area (Å²) in [5.74, 6) is 1.12. The van der Waals surface area contributed by atoms with E-state index in [9.17, 15) is 10.1 Å². The molecule has 1 amide bonds. The number of nitrogens with zero attached hydrogens (tertiary/aromatic N) is 6. The van der Waals surface area contributed by atoms with Gasteiger partial charge >= 0.3 is 0 Å². The average Bonchev–Trinajstić information content (AvgIpc) is 3.53. The van der Waals surface area contributed by atoms with Crippen LogP contribution in [0.1, 0.15) is 48.5 Å². The first-order valence-electron chi connectivity index (χ1n) is 10.5. The molecule has 1 saturated carbocycles. The lowest BCUT2D eigenvalue weighted by Gasteiger charge is -2.14. The number of thioether (sulfide) groups is 1. The predicted octanol–water partition coefficient (Wildman–Crippen LogP) is 3.81. The summed E-state index contributed by atoms with van der Waals surface area (Å²) in [6.07, 6.45) is 4.47. The Hall–Kier alpha value is -3.32. The fraction of sp³-hybridized carbons (Fsp3) is 0.409. The number of methoxy groups -OCH3 is 1. The molecule has 0 atom stereocenters. The van der Waals surface area contributed by atoms with Crippen molar-refractivity contribution in [2.24, 2.45) is 0 Å². The van der Waals surface area contributed by atoms with Gasteiger partial charge in [0, 0.05) is 11.4 Å². The van der Waals surface area contributed by atoms with Crippen molar-refractivity contribution in [3.05, 3.63) is 41.1 Å². The molecule has 0 bridgehead atoms. The standard InChI is InChI=1S/C22H25N7O2S/c1-14-15(2)28(16-8-10-18(31-3)11-9-16)21(19(14)12-23)24-20(30)13-32-22-25-26-27-29(22)17-6-4-5-7-17/h8-11,17H,4-7,13H2,1-3H3,(H,24,30). The van der Waals surface area contributed by atoms with Crippen LogP contribution in [0.15, 0.2) is 29.4 Å². The molecule has 0 radical (unpaired) electrons. The highest BCUT2D eigenvalue weighted by atomic mass is 32.2. The predicted molar refractivity (Wildman–Crippen MR) is 121 cm³/mol. The first kappa shape index (κ1) is 21.9. The molecule has 3 aromatic rings. The Kier molecular flexibility index (Phi) is 6.46. The number of nitrogens with one attached hydrogen (secondary N) is 1. The minimum Gasteiger partial charge on any atom is -0.497 e. The number of anilines is 1. The smallest absolute Gasteiger partial charge is 0.236 e. The van der Waals surface area contributed by atoms with Crippen molar-refractivity contribution in [3.63, 3.8) is 0 Å². The summed E-state index contributed by atoms with van der Waals surface area (Å²) in [6, 6.07) is 10.0. The van der Waals surface area contributed by atoms with Crippen molar-refractivity contribution in [2.45, 2.75) is 50.7 Å². The molecule has 0 saturated heterocycles. The number of rotatable bonds is 7. The Labute approximate surface area is 190 Å². The van der Waals surface area contributed by atoms with Crippen molar-refractivity contribution < 1.29 is 9.53 Å². The molecule has 10 heteroatoms. The lowest BCUT2D eigenvalue weighted by molar-refractivity contribution is -0.113. The highest BCUT2D eigenvalue weighted by molar-refractivity contribution is 7.99. The second-order valence-corrected chi connectivity index (χ2v) is 8.70. The number of carbonyl (C=O) groups excluding carboxylic acids is 1. The van der Waals surface area contributed by atoms with Gasteiger partial charge in [0.05, 0.1) is 24.5 Å². The summed E-state index contributed by atoms with van der Waals surface area (Å²) in [7, 11) is 1.61. The van der Waals surface area contributed by atoms with E-state index in [0.29, 0.717) is 22.6 Å². The maximum Gasteiger partial charge on any atom is 0.236 e. The van der Waals surface area contributed by atoms with Crippen molar-refractivity contribution in [1.29, 1.82) is 5.26 Å². The number of benzene rings is 1. The van der Waals surface area contributed by atoms with Crippen LogP contribution in [0.3, 0.4) is 0 Å². The van der Waals surface area contributed by atoms with E-state index in [1.807, 2.05) is 47.4 Å². The summed E-state index contributed by atoms with van der Waals surface area (Å²) in [6.45, 7) is 3.81. The van der Waals surface area contributed by atoms with Crippen molar-refractivity contribution in [2.75, 3.05) is 18.2 Å². The first-order valence-corrected chi connectivity index (χ1v) is 11.5. The summed E-state index contributed by atoms with van der Waals surface area (Å²) in [4.78, 5) is 12.9. The molecule has 32 heavy (non-hydrogen) atoms. The normalized spacial score (nSPS) is 13.8. The van der Waals surface area contributed by atoms with E-state index in [1.165, 1.54) is 24.6 Å². The number of hydrogen-bond acceptors (Lipinski definition) is 7. The van der Waals surface area contributed by atoms with Gasteiger partial charge in [-0.3, -0.25) is 9.36 Å². The molecule has 9 nitrogen and oxygen atoms in total. The number of carbonyl (C=O) groups is 1. The molecule has 1 N–H and O–H groups in total. The van der Waals surface area contributed by atoms with Crippen LogP contribution in [0.25, 0.3) is 5.69 Å². The van der Waals surface area contributed by atoms with E-state index in [2.05, 4.69) is 26.9 Å². The minimum absolute atomic E-state index is 0.143. The number of aromatic nitrogens is 5. The maximum atomic E-state index is 12.9. The average molecular weight is 452 g/mol. The van der Waals surface area contributed by atoms with Gasteiger partial charge < -0.3 is 10.1 Å². The highest BCUT2D eigenvalue weighted by Crippen LogP contribution is 2.33. The van der Waals surface area contributed by atoms with Gasteiger partial charge in [0.1, 0.15) is 17.6 Å². The molecule has 0 unspecified atom stereocenters. The van der Waals surface area contributed by atoms with Crippen molar-refractivity contribution in [1.82, 2.24) is 24.8 Å². The number of tetrazole rings is 1. The van der Waals surface area contributed by atoms with Crippen LogP contribution in [0.4, 0.5) is 5.82 Å². The third kappa shape index (κ3) is 4.21. The zero-order valence-corrected chi connectivity index (χ0v) is 19.1. The van der Waals surface area contributed by atoms with Crippen LogP contribution in [0, 0.1) is 25.2 Å². The van der Waals surface area contributed by atoms with E-state index >= 15 is 0 Å². The summed E-state index contributed by atoms with van der Waals surface area (Å²) >= 11 is 1.31. The molecule has 0 spiro atoms. The second kappa shape index (κ2) is 9.44. The maximum absolute atomic E-state index is 12.9. The zero-order valence-electron chi connectivity index (χ0n) is 18.3. The van der Waals surface area contributed by atoms with Crippen LogP contribution in [-0.4, -0.2) is 43.5 Å². The molecule has 1 aliphatic carbocycles. The Morgan fingerprint density at radius 1 is 1.28 bits per heavy atom. The monoisotopic (exact) mass is 451 g/mol. The third-order valence-electron chi connectivity index (χ3n) is 5.88. The van der Waals surface area contributed by atoms with Gasteiger partial charge in [-0.05, 0) is 66.9 Å². The van der Waals surface area contributed by atoms with Crippen LogP contribution >= 0.6 is 11.8 Å². The Balaban J connectivity index is 1.55. The molecule has 2 heterocycles. The Bertz CT molecular complexity index is 1150. The fourth-order valence-corrected chi connectivity index (χ4v) is 4.82. The zero-order chi connectivity index (χ0) is 22.7. The van der Waals surface area contributed by atoms with Gasteiger partial charge in [-0.15, -0.1) is 5.10 Å². The summed E-state index contributed by atoms with van der Waals surface area (Å²) in [5.41, 5.74) is 3.00. The van der Waals surface area contributed by atoms with Gasteiger partial charge in [0.25, 0.3) is 0 Å². The van der Waals surface area contributed by atoms with Gasteiger partial charge in [-0.25, -0.2) is 4.68 Å². The van der Waals surface area contributed by atoms with E-state index in [-0.39, 0.29) is 11.7 Å². The molecule has 166 valence electrons.